The van der Waals surface area contributed by atoms with Gasteiger partial charge in [-0.1, -0.05) is 27.7 Å². The van der Waals surface area contributed by atoms with Gasteiger partial charge in [0.2, 0.25) is 0 Å². The van der Waals surface area contributed by atoms with Gasteiger partial charge in [0.25, 0.3) is 6.29 Å². The molecule has 9 heteroatoms. The molecule has 0 heterocycles. The van der Waals surface area contributed by atoms with Crippen LogP contribution in [0.15, 0.2) is 0 Å². The SMILES string of the molecule is CC(C)C(=O)O[C@H](OC(=O)NC[C@H](O)CS(=O)O)C(C)C. The molecule has 0 aliphatic heterocycles. The maximum atomic E-state index is 11.5. The van der Waals surface area contributed by atoms with Gasteiger partial charge in [-0.15, -0.1) is 0 Å². The van der Waals surface area contributed by atoms with E-state index in [1.165, 1.54) is 0 Å². The van der Waals surface area contributed by atoms with Crippen LogP contribution in [0.2, 0.25) is 0 Å². The third-order valence-corrected chi connectivity index (χ3v) is 2.96. The largest absolute Gasteiger partial charge is 0.425 e. The molecule has 21 heavy (non-hydrogen) atoms. The first-order valence-electron chi connectivity index (χ1n) is 6.54. The number of rotatable bonds is 8. The average Bonchev–Trinajstić information content (AvgIpc) is 2.34. The first kappa shape index (κ1) is 19.8. The lowest BCUT2D eigenvalue weighted by molar-refractivity contribution is -0.178. The lowest BCUT2D eigenvalue weighted by Crippen LogP contribution is -2.39. The topological polar surface area (TPSA) is 122 Å². The molecule has 0 spiro atoms. The van der Waals surface area contributed by atoms with E-state index in [1.807, 2.05) is 0 Å². The molecule has 0 fully saturated rings. The first-order valence-corrected chi connectivity index (χ1v) is 7.81. The van der Waals surface area contributed by atoms with Crippen LogP contribution in [0.5, 0.6) is 0 Å². The smallest absolute Gasteiger partial charge is 0.410 e. The molecule has 8 nitrogen and oxygen atoms in total. The summed E-state index contributed by atoms with van der Waals surface area (Å²) in [4.78, 5) is 23.0. The highest BCUT2D eigenvalue weighted by atomic mass is 32.2. The third-order valence-electron chi connectivity index (χ3n) is 2.29. The van der Waals surface area contributed by atoms with Gasteiger partial charge >= 0.3 is 12.1 Å². The fourth-order valence-electron chi connectivity index (χ4n) is 1.12. The summed E-state index contributed by atoms with van der Waals surface area (Å²) >= 11 is -2.15. The minimum atomic E-state index is -2.15. The van der Waals surface area contributed by atoms with Crippen molar-refractivity contribution in [1.29, 1.82) is 0 Å². The number of alkyl carbamates (subject to hydrolysis) is 1. The fourth-order valence-corrected chi connectivity index (χ4v) is 1.57. The lowest BCUT2D eigenvalue weighted by atomic mass is 10.2. The second-order valence-electron chi connectivity index (χ2n) is 5.13. The molecular formula is C12H23NO7S. The molecule has 0 rings (SSSR count). The summed E-state index contributed by atoms with van der Waals surface area (Å²) in [5.74, 6) is -1.46. The van der Waals surface area contributed by atoms with Gasteiger partial charge in [0.05, 0.1) is 17.8 Å². The van der Waals surface area contributed by atoms with Crippen molar-refractivity contribution in [3.63, 3.8) is 0 Å². The number of nitrogens with one attached hydrogen (secondary N) is 1. The van der Waals surface area contributed by atoms with Gasteiger partial charge in [-0.3, -0.25) is 4.79 Å². The molecule has 0 bridgehead atoms. The Morgan fingerprint density at radius 1 is 1.19 bits per heavy atom. The highest BCUT2D eigenvalue weighted by molar-refractivity contribution is 7.79. The Morgan fingerprint density at radius 3 is 2.19 bits per heavy atom. The summed E-state index contributed by atoms with van der Waals surface area (Å²) < 4.78 is 29.0. The standard InChI is InChI=1S/C12H23NO7S/c1-7(2)10(15)19-11(8(3)4)20-12(16)13-5-9(14)6-21(17)18/h7-9,11,14H,5-6H2,1-4H3,(H,13,16)(H,17,18)/t9-,11+/m0/s1. The molecule has 0 radical (unpaired) electrons. The Balaban J connectivity index is 4.29. The summed E-state index contributed by atoms with van der Waals surface area (Å²) in [5, 5.41) is 11.5. The zero-order valence-electron chi connectivity index (χ0n) is 12.6. The van der Waals surface area contributed by atoms with E-state index in [0.29, 0.717) is 0 Å². The summed E-state index contributed by atoms with van der Waals surface area (Å²) in [6.07, 6.45) is -3.09. The lowest BCUT2D eigenvalue weighted by Gasteiger charge is -2.22. The van der Waals surface area contributed by atoms with E-state index in [2.05, 4.69) is 5.32 Å². The number of carbonyl (C=O) groups excluding carboxylic acids is 2. The predicted octanol–water partition coefficient (Wildman–Crippen LogP) is 0.476. The molecule has 0 aliphatic carbocycles. The monoisotopic (exact) mass is 325 g/mol. The van der Waals surface area contributed by atoms with E-state index in [1.54, 1.807) is 27.7 Å². The van der Waals surface area contributed by atoms with E-state index >= 15 is 0 Å². The van der Waals surface area contributed by atoms with E-state index < -0.39 is 35.5 Å². The summed E-state index contributed by atoms with van der Waals surface area (Å²) in [7, 11) is 0. The third kappa shape index (κ3) is 9.38. The van der Waals surface area contributed by atoms with Crippen LogP contribution in [0, 0.1) is 11.8 Å². The van der Waals surface area contributed by atoms with Crippen LogP contribution in [-0.2, 0) is 25.3 Å². The van der Waals surface area contributed by atoms with E-state index in [-0.39, 0.29) is 24.1 Å². The number of amides is 1. The number of esters is 1. The van der Waals surface area contributed by atoms with Crippen molar-refractivity contribution < 1.29 is 32.9 Å². The molecule has 1 amide bonds. The molecule has 3 atom stereocenters. The predicted molar refractivity (Wildman–Crippen MR) is 75.7 cm³/mol. The van der Waals surface area contributed by atoms with Crippen molar-refractivity contribution in [1.82, 2.24) is 5.32 Å². The normalized spacial score (nSPS) is 15.4. The van der Waals surface area contributed by atoms with Gasteiger partial charge in [-0.2, -0.15) is 0 Å². The number of aliphatic hydroxyl groups is 1. The molecule has 124 valence electrons. The quantitative estimate of drug-likeness (QED) is 0.337. The molecular weight excluding hydrogens is 302 g/mol. The van der Waals surface area contributed by atoms with Gasteiger partial charge in [-0.05, 0) is 0 Å². The number of ether oxygens (including phenoxy) is 2. The summed E-state index contributed by atoms with van der Waals surface area (Å²) in [6, 6.07) is 0. The molecule has 0 aromatic rings. The van der Waals surface area contributed by atoms with Crippen molar-refractivity contribution in [3.8, 4) is 0 Å². The second-order valence-corrected chi connectivity index (χ2v) is 6.11. The number of hydrogen-bond donors (Lipinski definition) is 3. The molecule has 1 unspecified atom stereocenters. The summed E-state index contributed by atoms with van der Waals surface area (Å²) in [5.41, 5.74) is 0. The fraction of sp³-hybridized carbons (Fsp3) is 0.833. The van der Waals surface area contributed by atoms with E-state index in [0.717, 1.165) is 0 Å². The number of hydrogen-bond acceptors (Lipinski definition) is 6. The Hall–Kier alpha value is -1.19. The van der Waals surface area contributed by atoms with E-state index in [4.69, 9.17) is 14.0 Å². The molecule has 3 N–H and O–H groups in total. The van der Waals surface area contributed by atoms with Crippen LogP contribution >= 0.6 is 0 Å². The van der Waals surface area contributed by atoms with Crippen LogP contribution in [0.1, 0.15) is 27.7 Å². The van der Waals surface area contributed by atoms with Crippen LogP contribution < -0.4 is 5.32 Å². The molecule has 0 aromatic heterocycles. The minimum absolute atomic E-state index is 0.242. The number of aliphatic hydroxyl groups excluding tert-OH is 1. The Kier molecular flexibility index (Phi) is 9.14. The Labute approximate surface area is 126 Å². The zero-order valence-corrected chi connectivity index (χ0v) is 13.4. The highest BCUT2D eigenvalue weighted by Crippen LogP contribution is 2.11. The molecule has 0 saturated heterocycles. The van der Waals surface area contributed by atoms with Crippen molar-refractivity contribution in [3.05, 3.63) is 0 Å². The highest BCUT2D eigenvalue weighted by Gasteiger charge is 2.24. The molecule has 0 aromatic carbocycles. The summed E-state index contributed by atoms with van der Waals surface area (Å²) in [6.45, 7) is 6.51. The van der Waals surface area contributed by atoms with Gasteiger partial charge < -0.3 is 24.4 Å². The van der Waals surface area contributed by atoms with Gasteiger partial charge in [0, 0.05) is 12.5 Å². The maximum Gasteiger partial charge on any atom is 0.410 e. The molecule has 0 saturated carbocycles. The first-order chi connectivity index (χ1) is 9.63. The average molecular weight is 325 g/mol. The van der Waals surface area contributed by atoms with Crippen LogP contribution in [-0.4, -0.2) is 50.6 Å². The van der Waals surface area contributed by atoms with Gasteiger partial charge in [0.15, 0.2) is 11.1 Å². The molecule has 0 aliphatic rings. The van der Waals surface area contributed by atoms with Gasteiger partial charge in [-0.25, -0.2) is 9.00 Å². The van der Waals surface area contributed by atoms with Crippen molar-refractivity contribution in [2.45, 2.75) is 40.1 Å². The van der Waals surface area contributed by atoms with E-state index in [9.17, 15) is 18.9 Å². The van der Waals surface area contributed by atoms with Crippen molar-refractivity contribution in [2.24, 2.45) is 11.8 Å². The number of carbonyl (C=O) groups is 2. The van der Waals surface area contributed by atoms with Crippen molar-refractivity contribution in [2.75, 3.05) is 12.3 Å². The van der Waals surface area contributed by atoms with Crippen LogP contribution in [0.3, 0.4) is 0 Å². The zero-order chi connectivity index (χ0) is 16.6. The maximum absolute atomic E-state index is 11.5. The van der Waals surface area contributed by atoms with Crippen molar-refractivity contribution >= 4 is 23.1 Å². The van der Waals surface area contributed by atoms with Gasteiger partial charge in [0.1, 0.15) is 0 Å². The second kappa shape index (κ2) is 9.69. The van der Waals surface area contributed by atoms with Crippen LogP contribution in [0.4, 0.5) is 4.79 Å². The van der Waals surface area contributed by atoms with Crippen LogP contribution in [0.25, 0.3) is 0 Å². The Bertz CT molecular complexity index is 373. The minimum Gasteiger partial charge on any atom is -0.425 e. The Morgan fingerprint density at radius 2 is 1.76 bits per heavy atom.